The van der Waals surface area contributed by atoms with Crippen molar-refractivity contribution >= 4 is 27.6 Å². The van der Waals surface area contributed by atoms with Gasteiger partial charge in [0.05, 0.1) is 4.90 Å². The summed E-state index contributed by atoms with van der Waals surface area (Å²) in [5.41, 5.74) is 2.40. The summed E-state index contributed by atoms with van der Waals surface area (Å²) in [6, 6.07) is 6.84. The molecule has 1 saturated carbocycles. The van der Waals surface area contributed by atoms with Crippen molar-refractivity contribution in [2.45, 2.75) is 69.0 Å². The number of nitrogens with one attached hydrogen (secondary N) is 4. The Morgan fingerprint density at radius 1 is 1.30 bits per heavy atom. The molecule has 2 heterocycles. The standard InChI is InChI=1S/C20H27N5O4S/c1-11(2)21-20(26)29-14-8-7-13(9-14)16-10-18(24-23-16)22-15-5-4-6-17-19(15)12(3)25-30(17,27)28/h4-6,10-14,25H,7-9H2,1-3H3,(H,21,26)(H2,22,23,24)/t12?,13-,14+/m0/s1. The van der Waals surface area contributed by atoms with Crippen LogP contribution in [0, 0.1) is 0 Å². The summed E-state index contributed by atoms with van der Waals surface area (Å²) in [5, 5.41) is 13.4. The highest BCUT2D eigenvalue weighted by atomic mass is 32.2. The summed E-state index contributed by atoms with van der Waals surface area (Å²) in [6.45, 7) is 5.61. The van der Waals surface area contributed by atoms with Crippen molar-refractivity contribution in [3.63, 3.8) is 0 Å². The number of hydrogen-bond donors (Lipinski definition) is 4. The van der Waals surface area contributed by atoms with Gasteiger partial charge in [0.15, 0.2) is 5.82 Å². The van der Waals surface area contributed by atoms with Gasteiger partial charge in [-0.3, -0.25) is 5.10 Å². The average Bonchev–Trinajstić information content (AvgIpc) is 3.34. The van der Waals surface area contributed by atoms with E-state index in [9.17, 15) is 13.2 Å². The Morgan fingerprint density at radius 3 is 2.87 bits per heavy atom. The third kappa shape index (κ3) is 4.15. The predicted octanol–water partition coefficient (Wildman–Crippen LogP) is 3.28. The molecule has 9 nitrogen and oxygen atoms in total. The number of nitrogens with zero attached hydrogens (tertiary/aromatic N) is 1. The summed E-state index contributed by atoms with van der Waals surface area (Å²) in [7, 11) is -3.47. The van der Waals surface area contributed by atoms with E-state index in [0.717, 1.165) is 25.0 Å². The van der Waals surface area contributed by atoms with Crippen molar-refractivity contribution in [1.29, 1.82) is 0 Å². The molecule has 0 saturated heterocycles. The molecule has 1 amide bonds. The van der Waals surface area contributed by atoms with E-state index in [-0.39, 0.29) is 30.2 Å². The van der Waals surface area contributed by atoms with Gasteiger partial charge in [0.1, 0.15) is 6.10 Å². The molecule has 4 N–H and O–H groups in total. The van der Waals surface area contributed by atoms with Crippen LogP contribution in [-0.2, 0) is 14.8 Å². The van der Waals surface area contributed by atoms with Crippen LogP contribution in [0.1, 0.15) is 63.3 Å². The monoisotopic (exact) mass is 433 g/mol. The number of anilines is 2. The number of H-pyrrole nitrogens is 1. The summed E-state index contributed by atoms with van der Waals surface area (Å²) < 4.78 is 32.5. The van der Waals surface area contributed by atoms with E-state index in [2.05, 4.69) is 25.6 Å². The number of carbonyl (C=O) groups is 1. The second kappa shape index (κ2) is 7.92. The highest BCUT2D eigenvalue weighted by Crippen LogP contribution is 2.39. The molecule has 1 aromatic carbocycles. The first-order valence-electron chi connectivity index (χ1n) is 10.2. The first-order chi connectivity index (χ1) is 14.2. The number of ether oxygens (including phenoxy) is 1. The number of rotatable bonds is 5. The minimum atomic E-state index is -3.47. The van der Waals surface area contributed by atoms with E-state index in [1.165, 1.54) is 0 Å². The summed E-state index contributed by atoms with van der Waals surface area (Å²) >= 11 is 0. The maximum absolute atomic E-state index is 12.2. The van der Waals surface area contributed by atoms with Crippen LogP contribution in [0.4, 0.5) is 16.3 Å². The molecule has 1 unspecified atom stereocenters. The third-order valence-electron chi connectivity index (χ3n) is 5.49. The van der Waals surface area contributed by atoms with E-state index >= 15 is 0 Å². The Kier molecular flexibility index (Phi) is 5.46. The van der Waals surface area contributed by atoms with Gasteiger partial charge in [-0.1, -0.05) is 6.07 Å². The van der Waals surface area contributed by atoms with Crippen LogP contribution in [0.25, 0.3) is 0 Å². The van der Waals surface area contributed by atoms with Gasteiger partial charge in [-0.25, -0.2) is 17.9 Å². The van der Waals surface area contributed by atoms with Gasteiger partial charge in [-0.2, -0.15) is 5.10 Å². The van der Waals surface area contributed by atoms with Crippen molar-refractivity contribution in [3.8, 4) is 0 Å². The molecule has 10 heteroatoms. The van der Waals surface area contributed by atoms with Gasteiger partial charge < -0.3 is 15.4 Å². The van der Waals surface area contributed by atoms with Crippen LogP contribution in [0.5, 0.6) is 0 Å². The zero-order valence-corrected chi connectivity index (χ0v) is 18.0. The summed E-state index contributed by atoms with van der Waals surface area (Å²) in [6.07, 6.45) is 1.97. The molecule has 2 aromatic rings. The van der Waals surface area contributed by atoms with Crippen molar-refractivity contribution in [3.05, 3.63) is 35.5 Å². The number of sulfonamides is 1. The van der Waals surface area contributed by atoms with Crippen molar-refractivity contribution in [2.75, 3.05) is 5.32 Å². The van der Waals surface area contributed by atoms with E-state index in [1.807, 2.05) is 32.9 Å². The van der Waals surface area contributed by atoms with Crippen LogP contribution < -0.4 is 15.4 Å². The van der Waals surface area contributed by atoms with Crippen LogP contribution in [0.2, 0.25) is 0 Å². The van der Waals surface area contributed by atoms with E-state index in [0.29, 0.717) is 22.0 Å². The van der Waals surface area contributed by atoms with Crippen LogP contribution >= 0.6 is 0 Å². The summed E-state index contributed by atoms with van der Waals surface area (Å²) in [4.78, 5) is 12.1. The maximum Gasteiger partial charge on any atom is 0.407 e. The molecular formula is C20H27N5O4S. The quantitative estimate of drug-likeness (QED) is 0.573. The number of carbonyl (C=O) groups excluding carboxylic acids is 1. The van der Waals surface area contributed by atoms with Gasteiger partial charge in [-0.15, -0.1) is 0 Å². The molecule has 4 rings (SSSR count). The molecule has 1 aliphatic carbocycles. The zero-order chi connectivity index (χ0) is 21.5. The fraction of sp³-hybridized carbons (Fsp3) is 0.500. The first kappa shape index (κ1) is 20.7. The molecule has 1 aromatic heterocycles. The Balaban J connectivity index is 1.43. The van der Waals surface area contributed by atoms with Crippen molar-refractivity contribution in [2.24, 2.45) is 0 Å². The summed E-state index contributed by atoms with van der Waals surface area (Å²) in [5.74, 6) is 0.851. The maximum atomic E-state index is 12.2. The van der Waals surface area contributed by atoms with Gasteiger partial charge >= 0.3 is 6.09 Å². The number of fused-ring (bicyclic) bond motifs is 1. The molecule has 3 atom stereocenters. The molecule has 1 aliphatic heterocycles. The van der Waals surface area contributed by atoms with Crippen molar-refractivity contribution < 1.29 is 17.9 Å². The number of hydrogen-bond acceptors (Lipinski definition) is 6. The Labute approximate surface area is 176 Å². The van der Waals surface area contributed by atoms with Gasteiger partial charge in [0, 0.05) is 41.0 Å². The molecule has 0 radical (unpaired) electrons. The largest absolute Gasteiger partial charge is 0.446 e. The fourth-order valence-corrected chi connectivity index (χ4v) is 5.73. The number of aromatic nitrogens is 2. The number of amides is 1. The lowest BCUT2D eigenvalue weighted by Gasteiger charge is -2.14. The van der Waals surface area contributed by atoms with Gasteiger partial charge in [0.25, 0.3) is 0 Å². The fourth-order valence-electron chi connectivity index (χ4n) is 4.19. The molecule has 2 aliphatic rings. The smallest absolute Gasteiger partial charge is 0.407 e. The molecular weight excluding hydrogens is 406 g/mol. The Morgan fingerprint density at radius 2 is 2.10 bits per heavy atom. The molecule has 0 bridgehead atoms. The lowest BCUT2D eigenvalue weighted by atomic mass is 10.0. The number of aromatic amines is 1. The Hall–Kier alpha value is -2.59. The van der Waals surface area contributed by atoms with Crippen LogP contribution in [0.3, 0.4) is 0 Å². The molecule has 1 fully saturated rings. The van der Waals surface area contributed by atoms with Crippen molar-refractivity contribution in [1.82, 2.24) is 20.2 Å². The van der Waals surface area contributed by atoms with Gasteiger partial charge in [0.2, 0.25) is 10.0 Å². The molecule has 30 heavy (non-hydrogen) atoms. The third-order valence-corrected chi connectivity index (χ3v) is 7.08. The van der Waals surface area contributed by atoms with Crippen LogP contribution in [0.15, 0.2) is 29.2 Å². The highest BCUT2D eigenvalue weighted by Gasteiger charge is 2.34. The van der Waals surface area contributed by atoms with Crippen LogP contribution in [-0.4, -0.2) is 36.9 Å². The minimum Gasteiger partial charge on any atom is -0.446 e. The second-order valence-corrected chi connectivity index (χ2v) is 9.91. The first-order valence-corrected chi connectivity index (χ1v) is 11.7. The van der Waals surface area contributed by atoms with E-state index < -0.39 is 10.0 Å². The second-order valence-electron chi connectivity index (χ2n) is 8.23. The van der Waals surface area contributed by atoms with E-state index in [1.54, 1.807) is 12.1 Å². The van der Waals surface area contributed by atoms with E-state index in [4.69, 9.17) is 4.74 Å². The number of alkyl carbamates (subject to hydrolysis) is 1. The SMILES string of the molecule is CC(C)NC(=O)O[C@@H]1CC[C@H](c2cc(Nc3cccc4c3C(C)NS4(=O)=O)n[nH]2)C1. The molecule has 162 valence electrons. The number of benzene rings is 1. The highest BCUT2D eigenvalue weighted by molar-refractivity contribution is 7.89. The van der Waals surface area contributed by atoms with Gasteiger partial charge in [-0.05, 0) is 52.2 Å². The predicted molar refractivity (Wildman–Crippen MR) is 112 cm³/mol. The lowest BCUT2D eigenvalue weighted by Crippen LogP contribution is -2.33. The Bertz CT molecular complexity index is 1050. The normalized spacial score (nSPS) is 24.6. The average molecular weight is 434 g/mol. The topological polar surface area (TPSA) is 125 Å². The lowest BCUT2D eigenvalue weighted by molar-refractivity contribution is 0.0981. The zero-order valence-electron chi connectivity index (χ0n) is 17.2. The molecule has 0 spiro atoms. The minimum absolute atomic E-state index is 0.0447.